The Kier molecular flexibility index (Phi) is 8.12. The SMILES string of the molecule is [Li+].[O-]CCCOC(C(F)(F)C(F)(F)F)C(F)(F)C(F)(F)F. The van der Waals surface area contributed by atoms with Gasteiger partial charge >= 0.3 is 43.1 Å². The predicted molar refractivity (Wildman–Crippen MR) is 41.2 cm³/mol. The number of hydrogen-bond acceptors (Lipinski definition) is 2. The average molecular weight is 332 g/mol. The molecule has 0 unspecified atom stereocenters. The first-order valence-electron chi connectivity index (χ1n) is 4.78. The van der Waals surface area contributed by atoms with Crippen LogP contribution in [0.3, 0.4) is 0 Å². The largest absolute Gasteiger partial charge is 1.00 e. The van der Waals surface area contributed by atoms with Gasteiger partial charge in [0.15, 0.2) is 0 Å². The summed E-state index contributed by atoms with van der Waals surface area (Å²) in [5, 5.41) is 9.91. The van der Waals surface area contributed by atoms with Crippen molar-refractivity contribution in [2.75, 3.05) is 13.2 Å². The van der Waals surface area contributed by atoms with Crippen molar-refractivity contribution < 1.29 is 72.6 Å². The van der Waals surface area contributed by atoms with Crippen molar-refractivity contribution in [3.63, 3.8) is 0 Å². The van der Waals surface area contributed by atoms with Crippen LogP contribution in [0.15, 0.2) is 0 Å². The Morgan fingerprint density at radius 1 is 0.762 bits per heavy atom. The topological polar surface area (TPSA) is 32.3 Å². The quantitative estimate of drug-likeness (QED) is 0.374. The molecule has 122 valence electrons. The number of hydrogen-bond donors (Lipinski definition) is 0. The monoisotopic (exact) mass is 332 g/mol. The maximum absolute atomic E-state index is 12.7. The van der Waals surface area contributed by atoms with Gasteiger partial charge in [-0.2, -0.15) is 43.9 Å². The fraction of sp³-hybridized carbons (Fsp3) is 1.00. The van der Waals surface area contributed by atoms with Crippen molar-refractivity contribution in [3.8, 4) is 0 Å². The summed E-state index contributed by atoms with van der Waals surface area (Å²) in [5.41, 5.74) is 0. The molecule has 0 aliphatic carbocycles. The van der Waals surface area contributed by atoms with Crippen LogP contribution in [0.25, 0.3) is 0 Å². The summed E-state index contributed by atoms with van der Waals surface area (Å²) in [4.78, 5) is 0. The molecule has 0 rings (SSSR count). The van der Waals surface area contributed by atoms with Crippen LogP contribution < -0.4 is 24.0 Å². The first-order valence-corrected chi connectivity index (χ1v) is 4.78. The van der Waals surface area contributed by atoms with E-state index in [1.165, 1.54) is 0 Å². The van der Waals surface area contributed by atoms with Gasteiger partial charge in [-0.05, 0) is 6.42 Å². The van der Waals surface area contributed by atoms with Crippen LogP contribution in [0.1, 0.15) is 6.42 Å². The molecule has 0 spiro atoms. The third kappa shape index (κ3) is 5.19. The van der Waals surface area contributed by atoms with Gasteiger partial charge in [0.2, 0.25) is 6.10 Å². The third-order valence-electron chi connectivity index (χ3n) is 1.99. The summed E-state index contributed by atoms with van der Waals surface area (Å²) in [5.74, 6) is -12.9. The Morgan fingerprint density at radius 2 is 1.10 bits per heavy atom. The van der Waals surface area contributed by atoms with E-state index in [0.29, 0.717) is 0 Å². The van der Waals surface area contributed by atoms with Gasteiger partial charge in [0.1, 0.15) is 0 Å². The molecular weight excluding hydrogens is 325 g/mol. The first-order chi connectivity index (χ1) is 8.69. The van der Waals surface area contributed by atoms with Crippen molar-refractivity contribution in [1.82, 2.24) is 0 Å². The van der Waals surface area contributed by atoms with Crippen molar-refractivity contribution in [2.45, 2.75) is 36.7 Å². The number of rotatable bonds is 6. The Balaban J connectivity index is 0. The Morgan fingerprint density at radius 3 is 1.33 bits per heavy atom. The number of alkyl halides is 10. The Bertz CT molecular complexity index is 287. The van der Waals surface area contributed by atoms with E-state index in [4.69, 9.17) is 0 Å². The molecule has 0 amide bonds. The molecule has 0 aromatic carbocycles. The van der Waals surface area contributed by atoms with Crippen LogP contribution in [-0.2, 0) is 4.74 Å². The van der Waals surface area contributed by atoms with E-state index < -0.39 is 49.9 Å². The predicted octanol–water partition coefficient (Wildman–Crippen LogP) is -0.479. The zero-order valence-electron chi connectivity index (χ0n) is 10.3. The van der Waals surface area contributed by atoms with E-state index in [1.807, 2.05) is 0 Å². The fourth-order valence-electron chi connectivity index (χ4n) is 0.994. The molecule has 0 fully saturated rings. The smallest absolute Gasteiger partial charge is 0.854 e. The standard InChI is InChI=1S/C8H7F10O2.Li/c9-5(10,7(13,14)15)4(20-3-1-2-19)6(11,12)8(16,17)18;/h4H,1-3H2;/q-1;+1. The molecule has 0 aliphatic heterocycles. The first kappa shape index (κ1) is 23.1. The third-order valence-corrected chi connectivity index (χ3v) is 1.99. The van der Waals surface area contributed by atoms with E-state index in [1.54, 1.807) is 0 Å². The number of halogens is 10. The molecule has 13 heteroatoms. The minimum absolute atomic E-state index is 0. The van der Waals surface area contributed by atoms with Gasteiger partial charge in [0.25, 0.3) is 0 Å². The maximum Gasteiger partial charge on any atom is 1.00 e. The summed E-state index contributed by atoms with van der Waals surface area (Å²) in [7, 11) is 0. The van der Waals surface area contributed by atoms with Crippen LogP contribution in [0, 0.1) is 0 Å². The molecule has 0 aromatic heterocycles. The average Bonchev–Trinajstić information content (AvgIpc) is 2.20. The van der Waals surface area contributed by atoms with E-state index in [-0.39, 0.29) is 18.9 Å². The summed E-state index contributed by atoms with van der Waals surface area (Å²) in [6, 6.07) is 0. The van der Waals surface area contributed by atoms with Crippen molar-refractivity contribution in [2.24, 2.45) is 0 Å². The van der Waals surface area contributed by atoms with Gasteiger partial charge in [0.05, 0.1) is 0 Å². The zero-order valence-corrected chi connectivity index (χ0v) is 10.3. The van der Waals surface area contributed by atoms with Gasteiger partial charge in [-0.1, -0.05) is 0 Å². The van der Waals surface area contributed by atoms with Gasteiger partial charge in [-0.3, -0.25) is 0 Å². The molecule has 0 radical (unpaired) electrons. The van der Waals surface area contributed by atoms with E-state index in [9.17, 15) is 49.0 Å². The minimum atomic E-state index is -6.68. The maximum atomic E-state index is 12.7. The second kappa shape index (κ2) is 7.39. The van der Waals surface area contributed by atoms with Crippen LogP contribution >= 0.6 is 0 Å². The number of ether oxygens (including phenoxy) is 1. The fourth-order valence-corrected chi connectivity index (χ4v) is 0.994. The summed E-state index contributed by atoms with van der Waals surface area (Å²) >= 11 is 0. The van der Waals surface area contributed by atoms with Gasteiger partial charge < -0.3 is 9.84 Å². The summed E-state index contributed by atoms with van der Waals surface area (Å²) in [6.07, 6.45) is -19.0. The molecule has 0 heterocycles. The molecule has 0 atom stereocenters. The van der Waals surface area contributed by atoms with Crippen LogP contribution in [-0.4, -0.2) is 43.5 Å². The molecule has 0 N–H and O–H groups in total. The molecule has 0 bridgehead atoms. The van der Waals surface area contributed by atoms with Gasteiger partial charge in [-0.25, -0.2) is 0 Å². The molecule has 0 aromatic rings. The van der Waals surface area contributed by atoms with Crippen LogP contribution in [0.4, 0.5) is 43.9 Å². The van der Waals surface area contributed by atoms with Gasteiger partial charge in [-0.15, -0.1) is 6.61 Å². The second-order valence-electron chi connectivity index (χ2n) is 3.55. The molecule has 0 saturated carbocycles. The van der Waals surface area contributed by atoms with Crippen molar-refractivity contribution >= 4 is 0 Å². The Hall–Kier alpha value is -0.183. The second-order valence-corrected chi connectivity index (χ2v) is 3.55. The van der Waals surface area contributed by atoms with Crippen molar-refractivity contribution in [1.29, 1.82) is 0 Å². The van der Waals surface area contributed by atoms with E-state index in [0.717, 1.165) is 0 Å². The molecule has 0 saturated heterocycles. The molecule has 2 nitrogen and oxygen atoms in total. The molecule has 0 aliphatic rings. The van der Waals surface area contributed by atoms with Gasteiger partial charge in [0, 0.05) is 6.61 Å². The van der Waals surface area contributed by atoms with E-state index >= 15 is 0 Å². The molecule has 21 heavy (non-hydrogen) atoms. The molecular formula is C8H7F10LiO2. The van der Waals surface area contributed by atoms with Crippen LogP contribution in [0.5, 0.6) is 0 Å². The normalized spacial score (nSPS) is 14.3. The summed E-state index contributed by atoms with van der Waals surface area (Å²) in [6.45, 7) is -2.51. The summed E-state index contributed by atoms with van der Waals surface area (Å²) < 4.78 is 126. The zero-order chi connectivity index (χ0) is 16.4. The van der Waals surface area contributed by atoms with Crippen LogP contribution in [0.2, 0.25) is 0 Å². The van der Waals surface area contributed by atoms with E-state index in [2.05, 4.69) is 4.74 Å². The Labute approximate surface area is 123 Å². The minimum Gasteiger partial charge on any atom is -0.854 e. The van der Waals surface area contributed by atoms with Crippen molar-refractivity contribution in [3.05, 3.63) is 0 Å².